The average Bonchev–Trinajstić information content (AvgIpc) is 2.57. The van der Waals surface area contributed by atoms with E-state index in [4.69, 9.17) is 10.2 Å². The maximum Gasteiger partial charge on any atom is 2.00 e. The summed E-state index contributed by atoms with van der Waals surface area (Å²) in [5.74, 6) is -1.70. The molecule has 0 aliphatic rings. The van der Waals surface area contributed by atoms with Crippen LogP contribution in [0.2, 0.25) is 0 Å². The molecule has 0 unspecified atom stereocenters. The molecule has 0 rings (SSSR count). The number of esters is 2. The summed E-state index contributed by atoms with van der Waals surface area (Å²) in [6.07, 6.45) is 5.92. The number of hydrogen-bond donors (Lipinski definition) is 2. The summed E-state index contributed by atoms with van der Waals surface area (Å²) in [5.41, 5.74) is 0. The maximum absolute atomic E-state index is 10.4. The van der Waals surface area contributed by atoms with Crippen molar-refractivity contribution in [2.75, 3.05) is 26.4 Å². The number of carbonyl (C=O) groups is 4. The summed E-state index contributed by atoms with van der Waals surface area (Å²) >= 11 is 0. The molecule has 170 valence electrons. The molecule has 0 aromatic rings. The Kier molecular flexibility index (Phi) is 45.1. The molecule has 2 N–H and O–H groups in total. The normalized spacial score (nSPS) is 8.00. The number of hydrogen-bond acceptors (Lipinski definition) is 8. The Morgan fingerprint density at radius 1 is 0.690 bits per heavy atom. The third kappa shape index (κ3) is 58.4. The van der Waals surface area contributed by atoms with Crippen molar-refractivity contribution in [3.63, 3.8) is 0 Å². The fourth-order valence-electron chi connectivity index (χ4n) is 1.02. The minimum Gasteiger partial charge on any atom is -0.488 e. The van der Waals surface area contributed by atoms with Gasteiger partial charge in [-0.05, 0) is 40.5 Å². The molecule has 0 atom stereocenters. The van der Waals surface area contributed by atoms with E-state index in [2.05, 4.69) is 23.3 Å². The Balaban J connectivity index is -0.0000000907. The summed E-state index contributed by atoms with van der Waals surface area (Å²) in [4.78, 5) is 41.1. The standard InChI is InChI=1S/2C6H9O3.2C4H10O.Ti/c2*1-3-9-6(8)4-5(2)7;2*1-2-3-4-5;/h2*4H,3H2,1-2H3;2*5H,2-4H2,1H3;/q2*-1;;;+2. The Bertz CT molecular complexity index is 347. The van der Waals surface area contributed by atoms with Crippen LogP contribution in [-0.2, 0) is 50.4 Å². The van der Waals surface area contributed by atoms with E-state index < -0.39 is 11.9 Å². The number of rotatable bonds is 10. The summed E-state index contributed by atoms with van der Waals surface area (Å²) < 4.78 is 8.87. The second-order valence-corrected chi connectivity index (χ2v) is 5.17. The molecule has 0 aliphatic carbocycles. The minimum atomic E-state index is -0.565. The van der Waals surface area contributed by atoms with Gasteiger partial charge >= 0.3 is 21.7 Å². The first-order valence-electron chi connectivity index (χ1n) is 9.42. The number of aliphatic hydroxyl groups excluding tert-OH is 2. The summed E-state index contributed by atoms with van der Waals surface area (Å²) in [6.45, 7) is 11.4. The van der Waals surface area contributed by atoms with Gasteiger partial charge in [-0.1, -0.05) is 26.7 Å². The van der Waals surface area contributed by atoms with Crippen LogP contribution in [0.15, 0.2) is 0 Å². The molecule has 0 bridgehead atoms. The molecule has 0 spiro atoms. The molecule has 0 aromatic heterocycles. The third-order valence-corrected chi connectivity index (χ3v) is 2.24. The zero-order chi connectivity index (χ0) is 22.8. The van der Waals surface area contributed by atoms with E-state index in [1.54, 1.807) is 13.8 Å². The van der Waals surface area contributed by atoms with Gasteiger partial charge in [0.1, 0.15) is 0 Å². The Labute approximate surface area is 190 Å². The van der Waals surface area contributed by atoms with Gasteiger partial charge in [0.2, 0.25) is 0 Å². The summed E-state index contributed by atoms with van der Waals surface area (Å²) in [6, 6.07) is 0. The number of unbranched alkanes of at least 4 members (excludes halogenated alkanes) is 2. The van der Waals surface area contributed by atoms with Crippen molar-refractivity contribution in [3.8, 4) is 0 Å². The maximum atomic E-state index is 10.4. The van der Waals surface area contributed by atoms with Gasteiger partial charge in [-0.3, -0.25) is 9.59 Å². The monoisotopic (exact) mass is 454 g/mol. The van der Waals surface area contributed by atoms with Crippen LogP contribution in [0, 0.1) is 12.8 Å². The molecule has 29 heavy (non-hydrogen) atoms. The van der Waals surface area contributed by atoms with Crippen LogP contribution < -0.4 is 0 Å². The molecule has 0 amide bonds. The largest absolute Gasteiger partial charge is 2.00 e. The van der Waals surface area contributed by atoms with E-state index in [1.165, 1.54) is 13.8 Å². The summed E-state index contributed by atoms with van der Waals surface area (Å²) in [5, 5.41) is 16.1. The Morgan fingerprint density at radius 3 is 1.07 bits per heavy atom. The number of ketones is 2. The zero-order valence-corrected chi connectivity index (χ0v) is 20.2. The van der Waals surface area contributed by atoms with Crippen LogP contribution >= 0.6 is 0 Å². The molecule has 8 nitrogen and oxygen atoms in total. The molecule has 0 aliphatic heterocycles. The van der Waals surface area contributed by atoms with Gasteiger partial charge in [0.15, 0.2) is 11.9 Å². The number of Topliss-reactive ketones (excluding diaryl/α,β-unsaturated/α-hetero) is 2. The van der Waals surface area contributed by atoms with Gasteiger partial charge in [-0.15, -0.1) is 0 Å². The second kappa shape index (κ2) is 34.2. The van der Waals surface area contributed by atoms with Crippen LogP contribution in [0.5, 0.6) is 0 Å². The molecule has 0 radical (unpaired) electrons. The van der Waals surface area contributed by atoms with Gasteiger partial charge in [0.05, 0.1) is 13.2 Å². The first kappa shape index (κ1) is 38.3. The third-order valence-electron chi connectivity index (χ3n) is 2.24. The van der Waals surface area contributed by atoms with Crippen LogP contribution in [0.25, 0.3) is 0 Å². The minimum absolute atomic E-state index is 0. The van der Waals surface area contributed by atoms with Crippen molar-refractivity contribution in [3.05, 3.63) is 12.8 Å². The van der Waals surface area contributed by atoms with Gasteiger partial charge in [-0.2, -0.15) is 0 Å². The molecular weight excluding hydrogens is 416 g/mol. The van der Waals surface area contributed by atoms with E-state index in [0.717, 1.165) is 38.5 Å². The van der Waals surface area contributed by atoms with E-state index in [0.29, 0.717) is 26.4 Å². The van der Waals surface area contributed by atoms with Crippen molar-refractivity contribution >= 4 is 23.5 Å². The van der Waals surface area contributed by atoms with Gasteiger partial charge < -0.3 is 29.3 Å². The second-order valence-electron chi connectivity index (χ2n) is 5.17. The molecule has 0 aromatic carbocycles. The molecular formula is C20H38O8Ti. The first-order chi connectivity index (χ1) is 13.2. The van der Waals surface area contributed by atoms with E-state index in [9.17, 15) is 19.2 Å². The van der Waals surface area contributed by atoms with Crippen molar-refractivity contribution < 1.29 is 60.6 Å². The predicted octanol–water partition coefficient (Wildman–Crippen LogP) is 2.24. The van der Waals surface area contributed by atoms with Gasteiger partial charge in [0, 0.05) is 24.8 Å². The fraction of sp³-hybridized carbons (Fsp3) is 0.700. The van der Waals surface area contributed by atoms with Gasteiger partial charge in [-0.25, -0.2) is 12.8 Å². The van der Waals surface area contributed by atoms with Crippen molar-refractivity contribution in [2.45, 2.75) is 67.2 Å². The van der Waals surface area contributed by atoms with Crippen LogP contribution in [-0.4, -0.2) is 60.1 Å². The van der Waals surface area contributed by atoms with E-state index in [-0.39, 0.29) is 33.3 Å². The number of ether oxygens (including phenoxy) is 2. The zero-order valence-electron chi connectivity index (χ0n) is 18.7. The van der Waals surface area contributed by atoms with E-state index >= 15 is 0 Å². The average molecular weight is 454 g/mol. The Hall–Kier alpha value is -1.35. The SMILES string of the molecule is CCCCO.CCCCO.CCOC(=O)[CH-]C(C)=O.CCOC(=O)[CH-]C(C)=O.[Ti+2]. The first-order valence-corrected chi connectivity index (χ1v) is 9.42. The van der Waals surface area contributed by atoms with Crippen molar-refractivity contribution in [1.29, 1.82) is 0 Å². The topological polar surface area (TPSA) is 127 Å². The predicted molar refractivity (Wildman–Crippen MR) is 107 cm³/mol. The van der Waals surface area contributed by atoms with Crippen molar-refractivity contribution in [2.24, 2.45) is 0 Å². The molecule has 0 saturated heterocycles. The van der Waals surface area contributed by atoms with Gasteiger partial charge in [0.25, 0.3) is 0 Å². The van der Waals surface area contributed by atoms with Crippen LogP contribution in [0.1, 0.15) is 67.2 Å². The Morgan fingerprint density at radius 2 is 0.966 bits per heavy atom. The van der Waals surface area contributed by atoms with Crippen LogP contribution in [0.3, 0.4) is 0 Å². The molecule has 0 fully saturated rings. The quantitative estimate of drug-likeness (QED) is 0.223. The molecule has 9 heteroatoms. The molecule has 0 saturated carbocycles. The smallest absolute Gasteiger partial charge is 0.488 e. The molecule has 0 heterocycles. The summed E-state index contributed by atoms with van der Waals surface area (Å²) in [7, 11) is 0. The number of aliphatic hydroxyl groups is 2. The van der Waals surface area contributed by atoms with E-state index in [1.807, 2.05) is 0 Å². The fourth-order valence-corrected chi connectivity index (χ4v) is 1.02. The van der Waals surface area contributed by atoms with Crippen LogP contribution in [0.4, 0.5) is 0 Å². The number of carbonyl (C=O) groups excluding carboxylic acids is 4. The van der Waals surface area contributed by atoms with Crippen molar-refractivity contribution in [1.82, 2.24) is 0 Å².